The highest BCUT2D eigenvalue weighted by Gasteiger charge is 2.14. The van der Waals surface area contributed by atoms with Crippen molar-refractivity contribution in [1.29, 1.82) is 0 Å². The van der Waals surface area contributed by atoms with Crippen LogP contribution in [0.25, 0.3) is 10.2 Å². The first kappa shape index (κ1) is 15.4. The number of aromatic nitrogens is 1. The Bertz CT molecular complexity index is 617. The van der Waals surface area contributed by atoms with Crippen molar-refractivity contribution in [3.8, 4) is 0 Å². The Morgan fingerprint density at radius 2 is 2.19 bits per heavy atom. The van der Waals surface area contributed by atoms with Gasteiger partial charge in [-0.05, 0) is 32.4 Å². The molecule has 0 saturated heterocycles. The number of anilines is 1. The molecule has 0 radical (unpaired) electrons. The number of rotatable bonds is 6. The van der Waals surface area contributed by atoms with Gasteiger partial charge >= 0.3 is 0 Å². The van der Waals surface area contributed by atoms with Crippen LogP contribution in [-0.2, 0) is 4.79 Å². The molecule has 2 N–H and O–H groups in total. The number of carbonyl (C=O) groups is 1. The molecule has 21 heavy (non-hydrogen) atoms. The number of benzene rings is 1. The lowest BCUT2D eigenvalue weighted by atomic mass is 10.2. The number of hydrogen-bond acceptors (Lipinski definition) is 5. The summed E-state index contributed by atoms with van der Waals surface area (Å²) in [5, 5.41) is 7.94. The first-order valence-corrected chi connectivity index (χ1v) is 7.87. The average molecular weight is 304 g/mol. The van der Waals surface area contributed by atoms with Gasteiger partial charge in [0, 0.05) is 5.71 Å². The summed E-state index contributed by atoms with van der Waals surface area (Å²) in [7, 11) is 0. The van der Waals surface area contributed by atoms with E-state index in [2.05, 4.69) is 27.8 Å². The minimum absolute atomic E-state index is 0.162. The van der Waals surface area contributed by atoms with Crippen molar-refractivity contribution >= 4 is 38.3 Å². The van der Waals surface area contributed by atoms with E-state index in [4.69, 9.17) is 0 Å². The first-order valence-electron chi connectivity index (χ1n) is 7.05. The molecule has 0 unspecified atom stereocenters. The molecule has 1 atom stereocenters. The smallest absolute Gasteiger partial charge is 0.262 e. The van der Waals surface area contributed by atoms with Crippen LogP contribution in [0.5, 0.6) is 0 Å². The van der Waals surface area contributed by atoms with E-state index < -0.39 is 0 Å². The van der Waals surface area contributed by atoms with E-state index in [1.807, 2.05) is 31.2 Å². The van der Waals surface area contributed by atoms with Gasteiger partial charge in [-0.3, -0.25) is 4.79 Å². The fourth-order valence-electron chi connectivity index (χ4n) is 1.85. The molecule has 6 heteroatoms. The topological polar surface area (TPSA) is 66.4 Å². The Balaban J connectivity index is 1.95. The quantitative estimate of drug-likeness (QED) is 0.635. The van der Waals surface area contributed by atoms with Crippen LogP contribution in [0, 0.1) is 0 Å². The van der Waals surface area contributed by atoms with Crippen molar-refractivity contribution in [2.24, 2.45) is 5.10 Å². The van der Waals surface area contributed by atoms with E-state index >= 15 is 0 Å². The standard InChI is InChI=1S/C15H20N4OS/c1-4-7-10(2)18-19-14(20)11(3)16-15-17-12-8-5-6-9-13(12)21-15/h5-6,8-9,11H,4,7H2,1-3H3,(H,16,17)(H,19,20)/b18-10-/t11-/m1/s1. The van der Waals surface area contributed by atoms with Crippen LogP contribution in [0.3, 0.4) is 0 Å². The zero-order chi connectivity index (χ0) is 15.2. The van der Waals surface area contributed by atoms with Crippen LogP contribution in [0.4, 0.5) is 5.13 Å². The van der Waals surface area contributed by atoms with Gasteiger partial charge in [-0.15, -0.1) is 0 Å². The minimum Gasteiger partial charge on any atom is -0.350 e. The lowest BCUT2D eigenvalue weighted by Gasteiger charge is -2.11. The summed E-state index contributed by atoms with van der Waals surface area (Å²) in [5.41, 5.74) is 4.45. The van der Waals surface area contributed by atoms with Crippen molar-refractivity contribution in [3.05, 3.63) is 24.3 Å². The van der Waals surface area contributed by atoms with Gasteiger partial charge < -0.3 is 5.32 Å². The molecule has 1 aromatic carbocycles. The van der Waals surface area contributed by atoms with Gasteiger partial charge in [-0.1, -0.05) is 36.8 Å². The third-order valence-corrected chi connectivity index (χ3v) is 3.96. The summed E-state index contributed by atoms with van der Waals surface area (Å²) in [5.74, 6) is -0.162. The van der Waals surface area contributed by atoms with Gasteiger partial charge in [0.15, 0.2) is 5.13 Å². The lowest BCUT2D eigenvalue weighted by Crippen LogP contribution is -2.35. The number of fused-ring (bicyclic) bond motifs is 1. The summed E-state index contributed by atoms with van der Waals surface area (Å²) < 4.78 is 1.10. The molecule has 1 heterocycles. The van der Waals surface area contributed by atoms with Crippen molar-refractivity contribution in [2.75, 3.05) is 5.32 Å². The predicted octanol–water partition coefficient (Wildman–Crippen LogP) is 3.39. The fraction of sp³-hybridized carbons (Fsp3) is 0.400. The summed E-state index contributed by atoms with van der Waals surface area (Å²) in [6.07, 6.45) is 1.91. The molecule has 1 aromatic heterocycles. The van der Waals surface area contributed by atoms with Crippen LogP contribution in [0.1, 0.15) is 33.6 Å². The van der Waals surface area contributed by atoms with Crippen LogP contribution in [0.2, 0.25) is 0 Å². The second-order valence-corrected chi connectivity index (χ2v) is 5.96. The Morgan fingerprint density at radius 3 is 2.90 bits per heavy atom. The summed E-state index contributed by atoms with van der Waals surface area (Å²) in [6, 6.07) is 7.52. The second kappa shape index (κ2) is 7.17. The molecule has 0 aliphatic heterocycles. The van der Waals surface area contributed by atoms with Crippen molar-refractivity contribution < 1.29 is 4.79 Å². The van der Waals surface area contributed by atoms with E-state index in [0.717, 1.165) is 33.9 Å². The largest absolute Gasteiger partial charge is 0.350 e. The molecule has 0 saturated carbocycles. The van der Waals surface area contributed by atoms with E-state index in [-0.39, 0.29) is 11.9 Å². The summed E-state index contributed by atoms with van der Waals surface area (Å²) in [6.45, 7) is 5.79. The number of thiazole rings is 1. The van der Waals surface area contributed by atoms with Gasteiger partial charge in [0.25, 0.3) is 5.91 Å². The third-order valence-electron chi connectivity index (χ3n) is 3.00. The number of carbonyl (C=O) groups excluding carboxylic acids is 1. The normalized spacial score (nSPS) is 13.2. The molecular weight excluding hydrogens is 284 g/mol. The number of nitrogens with zero attached hydrogens (tertiary/aromatic N) is 2. The number of hydrogen-bond donors (Lipinski definition) is 2. The molecule has 2 rings (SSSR count). The van der Waals surface area contributed by atoms with Gasteiger partial charge in [-0.25, -0.2) is 10.4 Å². The van der Waals surface area contributed by atoms with Gasteiger partial charge in [0.05, 0.1) is 10.2 Å². The highest BCUT2D eigenvalue weighted by Crippen LogP contribution is 2.25. The summed E-state index contributed by atoms with van der Waals surface area (Å²) in [4.78, 5) is 16.4. The molecule has 0 spiro atoms. The summed E-state index contributed by atoms with van der Waals surface area (Å²) >= 11 is 1.54. The van der Waals surface area contributed by atoms with E-state index in [1.54, 1.807) is 6.92 Å². The van der Waals surface area contributed by atoms with Crippen LogP contribution in [-0.4, -0.2) is 22.6 Å². The Hall–Kier alpha value is -1.95. The highest BCUT2D eigenvalue weighted by atomic mass is 32.1. The molecular formula is C15H20N4OS. The van der Waals surface area contributed by atoms with Crippen LogP contribution in [0.15, 0.2) is 29.4 Å². The fourth-order valence-corrected chi connectivity index (χ4v) is 2.80. The van der Waals surface area contributed by atoms with Gasteiger partial charge in [0.1, 0.15) is 6.04 Å². The molecule has 112 valence electrons. The van der Waals surface area contributed by atoms with E-state index in [0.29, 0.717) is 0 Å². The monoisotopic (exact) mass is 304 g/mol. The number of amides is 1. The number of para-hydroxylation sites is 1. The second-order valence-electron chi connectivity index (χ2n) is 4.93. The van der Waals surface area contributed by atoms with Crippen LogP contribution < -0.4 is 10.7 Å². The Labute approximate surface area is 128 Å². The minimum atomic E-state index is -0.385. The zero-order valence-electron chi connectivity index (χ0n) is 12.5. The molecule has 0 bridgehead atoms. The lowest BCUT2D eigenvalue weighted by molar-refractivity contribution is -0.121. The van der Waals surface area contributed by atoms with Crippen molar-refractivity contribution in [3.63, 3.8) is 0 Å². The van der Waals surface area contributed by atoms with Gasteiger partial charge in [0.2, 0.25) is 0 Å². The van der Waals surface area contributed by atoms with E-state index in [1.165, 1.54) is 11.3 Å². The maximum Gasteiger partial charge on any atom is 0.262 e. The molecule has 0 aliphatic rings. The third kappa shape index (κ3) is 4.26. The SMILES string of the molecule is CCC/C(C)=N\NC(=O)[C@@H](C)Nc1nc2ccccc2s1. The average Bonchev–Trinajstić information content (AvgIpc) is 2.87. The molecule has 0 fully saturated rings. The Morgan fingerprint density at radius 1 is 1.43 bits per heavy atom. The van der Waals surface area contributed by atoms with Crippen molar-refractivity contribution in [2.45, 2.75) is 39.7 Å². The molecule has 0 aliphatic carbocycles. The van der Waals surface area contributed by atoms with Gasteiger partial charge in [-0.2, -0.15) is 5.10 Å². The predicted molar refractivity (Wildman–Crippen MR) is 88.9 cm³/mol. The molecule has 5 nitrogen and oxygen atoms in total. The zero-order valence-corrected chi connectivity index (χ0v) is 13.3. The number of hydrazone groups is 1. The van der Waals surface area contributed by atoms with Crippen LogP contribution >= 0.6 is 11.3 Å². The maximum atomic E-state index is 12.0. The highest BCUT2D eigenvalue weighted by molar-refractivity contribution is 7.22. The number of nitrogens with one attached hydrogen (secondary N) is 2. The molecule has 2 aromatic rings. The first-order chi connectivity index (χ1) is 10.1. The van der Waals surface area contributed by atoms with E-state index in [9.17, 15) is 4.79 Å². The van der Waals surface area contributed by atoms with Crippen molar-refractivity contribution in [1.82, 2.24) is 10.4 Å². The Kier molecular flexibility index (Phi) is 5.27. The molecule has 1 amide bonds. The maximum absolute atomic E-state index is 12.0.